The van der Waals surface area contributed by atoms with E-state index in [4.69, 9.17) is 5.73 Å². The van der Waals surface area contributed by atoms with Gasteiger partial charge >= 0.3 is 0 Å². The molecule has 4 atom stereocenters. The van der Waals surface area contributed by atoms with Gasteiger partial charge in [-0.25, -0.2) is 0 Å². The summed E-state index contributed by atoms with van der Waals surface area (Å²) in [5, 5.41) is 3.15. The van der Waals surface area contributed by atoms with Crippen LogP contribution >= 0.6 is 0 Å². The maximum Gasteiger partial charge on any atom is 0.220 e. The average Bonchev–Trinajstić information content (AvgIpc) is 2.49. The second-order valence-electron chi connectivity index (χ2n) is 5.46. The predicted octanol–water partition coefficient (Wildman–Crippen LogP) is 2.05. The molecule has 1 aliphatic carbocycles. The lowest BCUT2D eigenvalue weighted by atomic mass is 9.97. The summed E-state index contributed by atoms with van der Waals surface area (Å²) in [6, 6.07) is 0.607. The molecule has 0 aromatic heterocycles. The first kappa shape index (κ1) is 13.5. The van der Waals surface area contributed by atoms with E-state index in [1.165, 1.54) is 6.42 Å². The van der Waals surface area contributed by atoms with Crippen molar-refractivity contribution < 1.29 is 4.79 Å². The molecule has 3 N–H and O–H groups in total. The summed E-state index contributed by atoms with van der Waals surface area (Å²) in [6.07, 6.45) is 4.84. The average molecular weight is 226 g/mol. The highest BCUT2D eigenvalue weighted by Crippen LogP contribution is 2.31. The third-order valence-electron chi connectivity index (χ3n) is 3.87. The van der Waals surface area contributed by atoms with Crippen molar-refractivity contribution in [2.24, 2.45) is 17.6 Å². The molecule has 4 unspecified atom stereocenters. The zero-order valence-electron chi connectivity index (χ0n) is 10.8. The first-order valence-corrected chi connectivity index (χ1v) is 6.55. The summed E-state index contributed by atoms with van der Waals surface area (Å²) >= 11 is 0. The first-order valence-electron chi connectivity index (χ1n) is 6.55. The van der Waals surface area contributed by atoms with Crippen LogP contribution in [-0.4, -0.2) is 18.0 Å². The molecule has 3 nitrogen and oxygen atoms in total. The van der Waals surface area contributed by atoms with Crippen molar-refractivity contribution in [3.63, 3.8) is 0 Å². The Labute approximate surface area is 99.2 Å². The molecule has 1 amide bonds. The van der Waals surface area contributed by atoms with Gasteiger partial charge in [-0.05, 0) is 44.4 Å². The molecule has 0 aromatic carbocycles. The molecule has 1 rings (SSSR count). The van der Waals surface area contributed by atoms with E-state index < -0.39 is 0 Å². The van der Waals surface area contributed by atoms with Crippen molar-refractivity contribution in [2.75, 3.05) is 0 Å². The Morgan fingerprint density at radius 2 is 2.12 bits per heavy atom. The van der Waals surface area contributed by atoms with Crippen molar-refractivity contribution >= 4 is 5.91 Å². The van der Waals surface area contributed by atoms with E-state index in [1.54, 1.807) is 0 Å². The number of nitrogens with two attached hydrogens (primary N) is 1. The van der Waals surface area contributed by atoms with Gasteiger partial charge < -0.3 is 11.1 Å². The molecule has 0 aliphatic heterocycles. The van der Waals surface area contributed by atoms with Crippen molar-refractivity contribution in [3.8, 4) is 0 Å². The minimum absolute atomic E-state index is 0.201. The van der Waals surface area contributed by atoms with Crippen molar-refractivity contribution in [3.05, 3.63) is 0 Å². The highest BCUT2D eigenvalue weighted by molar-refractivity contribution is 5.76. The van der Waals surface area contributed by atoms with Crippen LogP contribution in [0, 0.1) is 11.8 Å². The number of nitrogens with one attached hydrogen (secondary N) is 1. The van der Waals surface area contributed by atoms with Crippen LogP contribution in [0.25, 0.3) is 0 Å². The monoisotopic (exact) mass is 226 g/mol. The molecule has 0 saturated heterocycles. The van der Waals surface area contributed by atoms with E-state index in [1.807, 2.05) is 6.92 Å². The summed E-state index contributed by atoms with van der Waals surface area (Å²) < 4.78 is 0. The zero-order valence-corrected chi connectivity index (χ0v) is 10.8. The molecule has 16 heavy (non-hydrogen) atoms. The summed E-state index contributed by atoms with van der Waals surface area (Å²) in [6.45, 7) is 6.50. The van der Waals surface area contributed by atoms with Crippen LogP contribution in [0.2, 0.25) is 0 Å². The number of hydrogen-bond donors (Lipinski definition) is 2. The first-order chi connectivity index (χ1) is 7.50. The highest BCUT2D eigenvalue weighted by atomic mass is 16.1. The smallest absolute Gasteiger partial charge is 0.220 e. The van der Waals surface area contributed by atoms with E-state index >= 15 is 0 Å². The largest absolute Gasteiger partial charge is 0.353 e. The van der Waals surface area contributed by atoms with Crippen molar-refractivity contribution in [1.82, 2.24) is 5.32 Å². The second-order valence-corrected chi connectivity index (χ2v) is 5.46. The highest BCUT2D eigenvalue weighted by Gasteiger charge is 2.30. The molecular formula is C13H26N2O. The molecule has 0 radical (unpaired) electrons. The lowest BCUT2D eigenvalue weighted by molar-refractivity contribution is -0.122. The van der Waals surface area contributed by atoms with E-state index in [9.17, 15) is 4.79 Å². The van der Waals surface area contributed by atoms with Crippen LogP contribution in [0.1, 0.15) is 52.9 Å². The normalized spacial score (nSPS) is 31.4. The van der Waals surface area contributed by atoms with Crippen molar-refractivity contribution in [2.45, 2.75) is 65.0 Å². The van der Waals surface area contributed by atoms with Gasteiger partial charge in [0.2, 0.25) is 5.91 Å². The Morgan fingerprint density at radius 3 is 2.62 bits per heavy atom. The number of rotatable bonds is 5. The van der Waals surface area contributed by atoms with E-state index in [0.717, 1.165) is 25.2 Å². The number of amides is 1. The molecule has 0 bridgehead atoms. The third kappa shape index (κ3) is 4.12. The minimum atomic E-state index is 0.201. The quantitative estimate of drug-likeness (QED) is 0.754. The standard InChI is InChI=1S/C13H26N2O/c1-9-7-8-12(11(9)3)15-13(16)6-4-5-10(2)14/h9-12H,4-8,14H2,1-3H3,(H,15,16). The van der Waals surface area contributed by atoms with E-state index in [0.29, 0.717) is 18.4 Å². The van der Waals surface area contributed by atoms with Gasteiger partial charge in [0, 0.05) is 18.5 Å². The summed E-state index contributed by atoms with van der Waals surface area (Å²) in [5.74, 6) is 1.57. The fourth-order valence-corrected chi connectivity index (χ4v) is 2.43. The number of hydrogen-bond acceptors (Lipinski definition) is 2. The minimum Gasteiger partial charge on any atom is -0.353 e. The van der Waals surface area contributed by atoms with Gasteiger partial charge in [0.1, 0.15) is 0 Å². The predicted molar refractivity (Wildman–Crippen MR) is 67.0 cm³/mol. The molecule has 3 heteroatoms. The Hall–Kier alpha value is -0.570. The molecule has 1 aliphatic rings. The van der Waals surface area contributed by atoms with E-state index in [-0.39, 0.29) is 11.9 Å². The summed E-state index contributed by atoms with van der Waals surface area (Å²) in [5.41, 5.74) is 5.65. The molecule has 0 spiro atoms. The van der Waals surface area contributed by atoms with Crippen LogP contribution in [0.4, 0.5) is 0 Å². The van der Waals surface area contributed by atoms with Gasteiger partial charge in [-0.15, -0.1) is 0 Å². The SMILES string of the molecule is CC(N)CCCC(=O)NC1CCC(C)C1C. The molecule has 0 aromatic rings. The fraction of sp³-hybridized carbons (Fsp3) is 0.923. The molecule has 94 valence electrons. The Balaban J connectivity index is 2.19. The van der Waals surface area contributed by atoms with E-state index in [2.05, 4.69) is 19.2 Å². The molecule has 1 saturated carbocycles. The van der Waals surface area contributed by atoms with Gasteiger partial charge in [0.25, 0.3) is 0 Å². The van der Waals surface area contributed by atoms with Crippen LogP contribution in [0.3, 0.4) is 0 Å². The van der Waals surface area contributed by atoms with Crippen LogP contribution < -0.4 is 11.1 Å². The van der Waals surface area contributed by atoms with Gasteiger partial charge in [0.05, 0.1) is 0 Å². The van der Waals surface area contributed by atoms with Gasteiger partial charge in [-0.2, -0.15) is 0 Å². The van der Waals surface area contributed by atoms with Crippen LogP contribution in [0.5, 0.6) is 0 Å². The van der Waals surface area contributed by atoms with Gasteiger partial charge in [-0.3, -0.25) is 4.79 Å². The third-order valence-corrected chi connectivity index (χ3v) is 3.87. The second kappa shape index (κ2) is 6.24. The molecule has 1 fully saturated rings. The molecule has 0 heterocycles. The summed E-state index contributed by atoms with van der Waals surface area (Å²) in [7, 11) is 0. The number of carbonyl (C=O) groups excluding carboxylic acids is 1. The Morgan fingerprint density at radius 1 is 1.44 bits per heavy atom. The van der Waals surface area contributed by atoms with Gasteiger partial charge in [-0.1, -0.05) is 13.8 Å². The maximum atomic E-state index is 11.7. The Kier molecular flexibility index (Phi) is 5.26. The zero-order chi connectivity index (χ0) is 12.1. The van der Waals surface area contributed by atoms with Crippen molar-refractivity contribution in [1.29, 1.82) is 0 Å². The van der Waals surface area contributed by atoms with Crippen LogP contribution in [-0.2, 0) is 4.79 Å². The Bertz CT molecular complexity index is 228. The lowest BCUT2D eigenvalue weighted by Gasteiger charge is -2.19. The van der Waals surface area contributed by atoms with Gasteiger partial charge in [0.15, 0.2) is 0 Å². The summed E-state index contributed by atoms with van der Waals surface area (Å²) in [4.78, 5) is 11.7. The fourth-order valence-electron chi connectivity index (χ4n) is 2.43. The van der Waals surface area contributed by atoms with Crippen LogP contribution in [0.15, 0.2) is 0 Å². The maximum absolute atomic E-state index is 11.7. The topological polar surface area (TPSA) is 55.1 Å². The lowest BCUT2D eigenvalue weighted by Crippen LogP contribution is -2.37. The number of carbonyl (C=O) groups is 1. The molecular weight excluding hydrogens is 200 g/mol.